The third-order valence-corrected chi connectivity index (χ3v) is 4.45. The van der Waals surface area contributed by atoms with Gasteiger partial charge in [0, 0.05) is 7.05 Å². The van der Waals surface area contributed by atoms with Crippen LogP contribution in [0.25, 0.3) is 0 Å². The van der Waals surface area contributed by atoms with E-state index in [9.17, 15) is 15.0 Å². The van der Waals surface area contributed by atoms with Crippen molar-refractivity contribution in [3.8, 4) is 0 Å². The third kappa shape index (κ3) is 7.92. The Morgan fingerprint density at radius 1 is 0.931 bits per heavy atom. The van der Waals surface area contributed by atoms with Gasteiger partial charge in [0.15, 0.2) is 0 Å². The first-order valence-electron chi connectivity index (χ1n) is 9.45. The Kier molecular flexibility index (Phi) is 9.76. The molecule has 7 nitrogen and oxygen atoms in total. The maximum atomic E-state index is 12.1. The normalized spacial score (nSPS) is 14.2. The maximum absolute atomic E-state index is 12.1. The van der Waals surface area contributed by atoms with Crippen molar-refractivity contribution in [3.63, 3.8) is 0 Å². The van der Waals surface area contributed by atoms with Gasteiger partial charge in [-0.3, -0.25) is 9.63 Å². The van der Waals surface area contributed by atoms with Crippen molar-refractivity contribution < 1.29 is 29.3 Å². The highest BCUT2D eigenvalue weighted by Crippen LogP contribution is 2.15. The lowest BCUT2D eigenvalue weighted by atomic mass is 10.0. The minimum atomic E-state index is -1.22. The lowest BCUT2D eigenvalue weighted by Gasteiger charge is -2.28. The minimum Gasteiger partial charge on any atom is -0.390 e. The van der Waals surface area contributed by atoms with E-state index in [-0.39, 0.29) is 19.6 Å². The van der Waals surface area contributed by atoms with Gasteiger partial charge in [-0.1, -0.05) is 60.7 Å². The Morgan fingerprint density at radius 2 is 1.48 bits per heavy atom. The zero-order chi connectivity index (χ0) is 21.1. The molecule has 0 fully saturated rings. The number of benzene rings is 2. The summed E-state index contributed by atoms with van der Waals surface area (Å²) in [5.41, 5.74) is 1.86. The first-order chi connectivity index (χ1) is 14.0. The van der Waals surface area contributed by atoms with E-state index in [0.29, 0.717) is 6.61 Å². The molecule has 0 heterocycles. The van der Waals surface area contributed by atoms with Gasteiger partial charge in [-0.2, -0.15) is 0 Å². The minimum absolute atomic E-state index is 0.0419. The van der Waals surface area contributed by atoms with Gasteiger partial charge >= 0.3 is 0 Å². The second kappa shape index (κ2) is 12.3. The van der Waals surface area contributed by atoms with Crippen LogP contribution in [0.3, 0.4) is 0 Å². The summed E-state index contributed by atoms with van der Waals surface area (Å²) in [4.78, 5) is 16.9. The standard InChI is InChI=1S/C22H29NO6/c1-23(27-2)21(26)13-19(24)22(29-15-18-11-7-4-8-12-18)20(25)16-28-14-17-9-5-3-6-10-17/h3-12,19-20,22,24-25H,13-16H2,1-2H3/t19-,20-,22+/m1/s1. The monoisotopic (exact) mass is 403 g/mol. The molecular formula is C22H29NO6. The molecule has 3 atom stereocenters. The van der Waals surface area contributed by atoms with E-state index >= 15 is 0 Å². The van der Waals surface area contributed by atoms with Crippen LogP contribution in [0.1, 0.15) is 17.5 Å². The lowest BCUT2D eigenvalue weighted by Crippen LogP contribution is -2.44. The molecule has 2 N–H and O–H groups in total. The number of aliphatic hydroxyl groups excluding tert-OH is 2. The van der Waals surface area contributed by atoms with E-state index in [1.54, 1.807) is 0 Å². The van der Waals surface area contributed by atoms with Crippen molar-refractivity contribution in [2.75, 3.05) is 20.8 Å². The smallest absolute Gasteiger partial charge is 0.248 e. The molecule has 0 aliphatic carbocycles. The number of carbonyl (C=O) groups excluding carboxylic acids is 1. The number of amides is 1. The number of nitrogens with zero attached hydrogens (tertiary/aromatic N) is 1. The van der Waals surface area contributed by atoms with E-state index in [1.165, 1.54) is 14.2 Å². The van der Waals surface area contributed by atoms with Crippen molar-refractivity contribution in [3.05, 3.63) is 71.8 Å². The molecule has 0 unspecified atom stereocenters. The lowest BCUT2D eigenvalue weighted by molar-refractivity contribution is -0.176. The summed E-state index contributed by atoms with van der Waals surface area (Å²) in [6.45, 7) is 0.469. The topological polar surface area (TPSA) is 88.5 Å². The highest BCUT2D eigenvalue weighted by Gasteiger charge is 2.31. The summed E-state index contributed by atoms with van der Waals surface area (Å²) < 4.78 is 11.4. The molecule has 0 aliphatic rings. The van der Waals surface area contributed by atoms with Crippen molar-refractivity contribution in [1.82, 2.24) is 5.06 Å². The predicted molar refractivity (Wildman–Crippen MR) is 108 cm³/mol. The maximum Gasteiger partial charge on any atom is 0.248 e. The van der Waals surface area contributed by atoms with Gasteiger partial charge in [0.25, 0.3) is 0 Å². The second-order valence-electron chi connectivity index (χ2n) is 6.67. The molecule has 0 bridgehead atoms. The molecule has 0 saturated carbocycles. The number of hydrogen-bond acceptors (Lipinski definition) is 6. The zero-order valence-corrected chi connectivity index (χ0v) is 16.8. The molecule has 2 rings (SSSR count). The van der Waals surface area contributed by atoms with E-state index in [0.717, 1.165) is 16.2 Å². The van der Waals surface area contributed by atoms with E-state index in [1.807, 2.05) is 60.7 Å². The van der Waals surface area contributed by atoms with Gasteiger partial charge in [-0.15, -0.1) is 0 Å². The zero-order valence-electron chi connectivity index (χ0n) is 16.8. The van der Waals surface area contributed by atoms with Crippen molar-refractivity contribution in [1.29, 1.82) is 0 Å². The van der Waals surface area contributed by atoms with Crippen LogP contribution < -0.4 is 0 Å². The number of aliphatic hydroxyl groups is 2. The van der Waals surface area contributed by atoms with Gasteiger partial charge < -0.3 is 19.7 Å². The SMILES string of the molecule is CON(C)C(=O)C[C@@H](O)[C@H](OCc1ccccc1)[C@H](O)COCc1ccccc1. The van der Waals surface area contributed by atoms with Crippen LogP contribution in [0.15, 0.2) is 60.7 Å². The van der Waals surface area contributed by atoms with Gasteiger partial charge in [-0.25, -0.2) is 5.06 Å². The average molecular weight is 403 g/mol. The van der Waals surface area contributed by atoms with Gasteiger partial charge in [0.1, 0.15) is 12.2 Å². The highest BCUT2D eigenvalue weighted by atomic mass is 16.7. The Labute approximate surface area is 171 Å². The number of ether oxygens (including phenoxy) is 2. The number of carbonyl (C=O) groups is 1. The Balaban J connectivity index is 1.96. The van der Waals surface area contributed by atoms with Gasteiger partial charge in [0.05, 0.1) is 39.5 Å². The molecule has 0 aromatic heterocycles. The first kappa shape index (κ1) is 23.0. The van der Waals surface area contributed by atoms with E-state index in [4.69, 9.17) is 14.3 Å². The number of hydroxylamine groups is 2. The van der Waals surface area contributed by atoms with Crippen LogP contribution >= 0.6 is 0 Å². The number of rotatable bonds is 12. The molecule has 1 amide bonds. The molecule has 0 radical (unpaired) electrons. The largest absolute Gasteiger partial charge is 0.390 e. The summed E-state index contributed by atoms with van der Waals surface area (Å²) in [5, 5.41) is 22.1. The first-order valence-corrected chi connectivity index (χ1v) is 9.45. The molecule has 0 aliphatic heterocycles. The Hall–Kier alpha value is -2.29. The average Bonchev–Trinajstić information content (AvgIpc) is 2.74. The molecule has 7 heteroatoms. The molecule has 158 valence electrons. The number of hydrogen-bond donors (Lipinski definition) is 2. The summed E-state index contributed by atoms with van der Waals surface area (Å²) in [6, 6.07) is 19.0. The van der Waals surface area contributed by atoms with Crippen LogP contribution in [0.2, 0.25) is 0 Å². The third-order valence-electron chi connectivity index (χ3n) is 4.45. The molecular weight excluding hydrogens is 374 g/mol. The molecule has 0 spiro atoms. The Bertz CT molecular complexity index is 712. The fraction of sp³-hybridized carbons (Fsp3) is 0.409. The van der Waals surface area contributed by atoms with E-state index < -0.39 is 24.2 Å². The Morgan fingerprint density at radius 3 is 2.03 bits per heavy atom. The summed E-state index contributed by atoms with van der Waals surface area (Å²) >= 11 is 0. The summed E-state index contributed by atoms with van der Waals surface area (Å²) in [5.74, 6) is -0.425. The van der Waals surface area contributed by atoms with Crippen molar-refractivity contribution >= 4 is 5.91 Å². The fourth-order valence-electron chi connectivity index (χ4n) is 2.74. The molecule has 2 aromatic rings. The van der Waals surface area contributed by atoms with Crippen LogP contribution in [0.4, 0.5) is 0 Å². The predicted octanol–water partition coefficient (Wildman–Crippen LogP) is 1.92. The molecule has 0 saturated heterocycles. The van der Waals surface area contributed by atoms with Gasteiger partial charge in [0.2, 0.25) is 5.91 Å². The van der Waals surface area contributed by atoms with Gasteiger partial charge in [-0.05, 0) is 11.1 Å². The van der Waals surface area contributed by atoms with Crippen molar-refractivity contribution in [2.24, 2.45) is 0 Å². The van der Waals surface area contributed by atoms with Crippen LogP contribution in [0.5, 0.6) is 0 Å². The van der Waals surface area contributed by atoms with Crippen LogP contribution in [-0.2, 0) is 32.3 Å². The fourth-order valence-corrected chi connectivity index (χ4v) is 2.74. The van der Waals surface area contributed by atoms with E-state index in [2.05, 4.69) is 0 Å². The summed E-state index contributed by atoms with van der Waals surface area (Å²) in [7, 11) is 2.81. The van der Waals surface area contributed by atoms with Crippen molar-refractivity contribution in [2.45, 2.75) is 37.9 Å². The molecule has 29 heavy (non-hydrogen) atoms. The van der Waals surface area contributed by atoms with Crippen LogP contribution in [-0.4, -0.2) is 60.3 Å². The molecule has 2 aromatic carbocycles. The highest BCUT2D eigenvalue weighted by molar-refractivity contribution is 5.75. The van der Waals surface area contributed by atoms with Crippen LogP contribution in [0, 0.1) is 0 Å². The summed E-state index contributed by atoms with van der Waals surface area (Å²) in [6.07, 6.45) is -3.59. The quantitative estimate of drug-likeness (QED) is 0.527. The second-order valence-corrected chi connectivity index (χ2v) is 6.67.